The Hall–Kier alpha value is -2.54. The lowest BCUT2D eigenvalue weighted by molar-refractivity contribution is 0.0671. The fourth-order valence-corrected chi connectivity index (χ4v) is 3.88. The van der Waals surface area contributed by atoms with Gasteiger partial charge in [-0.25, -0.2) is 4.39 Å². The highest BCUT2D eigenvalue weighted by atomic mass is 32.1. The fourth-order valence-electron chi connectivity index (χ4n) is 3.25. The second-order valence-electron chi connectivity index (χ2n) is 6.34. The van der Waals surface area contributed by atoms with Gasteiger partial charge in [-0.15, -0.1) is 0 Å². The summed E-state index contributed by atoms with van der Waals surface area (Å²) in [7, 11) is 0. The van der Waals surface area contributed by atoms with Gasteiger partial charge in [0.05, 0.1) is 11.6 Å². The topological polar surface area (TPSA) is 59.2 Å². The van der Waals surface area contributed by atoms with Crippen LogP contribution in [0.15, 0.2) is 45.6 Å². The summed E-state index contributed by atoms with van der Waals surface area (Å²) in [6, 6.07) is 7.56. The lowest BCUT2D eigenvalue weighted by Gasteiger charge is -2.27. The molecule has 0 saturated carbocycles. The molecule has 1 aliphatic heterocycles. The molecule has 1 aromatic carbocycles. The summed E-state index contributed by atoms with van der Waals surface area (Å²) >= 11 is 1.51. The third-order valence-corrected chi connectivity index (χ3v) is 5.30. The van der Waals surface area contributed by atoms with Crippen molar-refractivity contribution in [1.82, 2.24) is 15.0 Å². The first-order valence-electron chi connectivity index (χ1n) is 8.65. The number of rotatable bonds is 3. The van der Waals surface area contributed by atoms with Crippen molar-refractivity contribution in [3.8, 4) is 11.5 Å². The fraction of sp³-hybridized carbons (Fsp3) is 0.316. The average Bonchev–Trinajstić information content (AvgIpc) is 3.30. The molecule has 26 heavy (non-hydrogen) atoms. The predicted octanol–water partition coefficient (Wildman–Crippen LogP) is 4.69. The summed E-state index contributed by atoms with van der Waals surface area (Å²) in [5.74, 6) is 0.540. The molecule has 0 N–H and O–H groups in total. The monoisotopic (exact) mass is 371 g/mol. The molecular weight excluding hydrogens is 353 g/mol. The van der Waals surface area contributed by atoms with Crippen LogP contribution >= 0.6 is 11.3 Å². The highest BCUT2D eigenvalue weighted by molar-refractivity contribution is 7.08. The van der Waals surface area contributed by atoms with Crippen molar-refractivity contribution in [1.29, 1.82) is 0 Å². The molecule has 1 amide bonds. The van der Waals surface area contributed by atoms with Crippen LogP contribution in [0.1, 0.15) is 47.9 Å². The second kappa shape index (κ2) is 7.37. The summed E-state index contributed by atoms with van der Waals surface area (Å²) in [4.78, 5) is 19.3. The van der Waals surface area contributed by atoms with E-state index < -0.39 is 0 Å². The molecular formula is C19H18FN3O2S. The van der Waals surface area contributed by atoms with Gasteiger partial charge in [0, 0.05) is 17.5 Å². The SMILES string of the molecule is O=C(c1ccsc1)N1CCCCCC1c1noc(-c2ccc(F)cc2)n1. The van der Waals surface area contributed by atoms with Crippen LogP contribution in [0.2, 0.25) is 0 Å². The number of carbonyl (C=O) groups is 1. The summed E-state index contributed by atoms with van der Waals surface area (Å²) in [6.45, 7) is 0.680. The Morgan fingerprint density at radius 3 is 2.81 bits per heavy atom. The number of nitrogens with zero attached hydrogens (tertiary/aromatic N) is 3. The number of benzene rings is 1. The molecule has 0 radical (unpaired) electrons. The van der Waals surface area contributed by atoms with Crippen molar-refractivity contribution in [2.75, 3.05) is 6.54 Å². The summed E-state index contributed by atoms with van der Waals surface area (Å²) < 4.78 is 18.5. The van der Waals surface area contributed by atoms with Crippen LogP contribution in [-0.2, 0) is 0 Å². The zero-order valence-corrected chi connectivity index (χ0v) is 14.9. The predicted molar refractivity (Wildman–Crippen MR) is 96.3 cm³/mol. The van der Waals surface area contributed by atoms with Crippen LogP contribution in [0.3, 0.4) is 0 Å². The molecule has 1 aliphatic rings. The normalized spacial score (nSPS) is 17.9. The number of halogens is 1. The molecule has 1 unspecified atom stereocenters. The minimum absolute atomic E-state index is 0.00582. The summed E-state index contributed by atoms with van der Waals surface area (Å²) in [5.41, 5.74) is 1.36. The van der Waals surface area contributed by atoms with Crippen molar-refractivity contribution in [2.24, 2.45) is 0 Å². The minimum atomic E-state index is -0.315. The maximum absolute atomic E-state index is 13.1. The lowest BCUT2D eigenvalue weighted by atomic mass is 10.1. The first kappa shape index (κ1) is 16.9. The molecule has 5 nitrogen and oxygen atoms in total. The van der Waals surface area contributed by atoms with Crippen LogP contribution in [0.5, 0.6) is 0 Å². The van der Waals surface area contributed by atoms with E-state index in [1.165, 1.54) is 23.5 Å². The Morgan fingerprint density at radius 1 is 1.19 bits per heavy atom. The minimum Gasteiger partial charge on any atom is -0.334 e. The highest BCUT2D eigenvalue weighted by Gasteiger charge is 2.31. The number of thiophene rings is 1. The van der Waals surface area contributed by atoms with Crippen LogP contribution in [-0.4, -0.2) is 27.5 Å². The molecule has 1 fully saturated rings. The second-order valence-corrected chi connectivity index (χ2v) is 7.12. The number of amides is 1. The van der Waals surface area contributed by atoms with Gasteiger partial charge in [0.25, 0.3) is 11.8 Å². The van der Waals surface area contributed by atoms with Gasteiger partial charge in [-0.2, -0.15) is 16.3 Å². The zero-order valence-electron chi connectivity index (χ0n) is 14.1. The molecule has 2 aromatic heterocycles. The Balaban J connectivity index is 1.63. The van der Waals surface area contributed by atoms with Gasteiger partial charge in [-0.05, 0) is 48.6 Å². The Morgan fingerprint density at radius 2 is 2.04 bits per heavy atom. The van der Waals surface area contributed by atoms with Gasteiger partial charge in [-0.1, -0.05) is 18.0 Å². The van der Waals surface area contributed by atoms with Gasteiger partial charge in [-0.3, -0.25) is 4.79 Å². The third-order valence-electron chi connectivity index (χ3n) is 4.61. The zero-order chi connectivity index (χ0) is 17.9. The molecule has 0 bridgehead atoms. The van der Waals surface area contributed by atoms with Crippen molar-refractivity contribution in [2.45, 2.75) is 31.7 Å². The number of carbonyl (C=O) groups excluding carboxylic acids is 1. The van der Waals surface area contributed by atoms with Gasteiger partial charge in [0.15, 0.2) is 5.82 Å². The maximum atomic E-state index is 13.1. The van der Waals surface area contributed by atoms with Crippen LogP contribution in [0, 0.1) is 5.82 Å². The van der Waals surface area contributed by atoms with E-state index in [1.807, 2.05) is 21.7 Å². The highest BCUT2D eigenvalue weighted by Crippen LogP contribution is 2.31. The van der Waals surface area contributed by atoms with Crippen LogP contribution < -0.4 is 0 Å². The van der Waals surface area contributed by atoms with Crippen molar-refractivity contribution < 1.29 is 13.7 Å². The average molecular weight is 371 g/mol. The Bertz CT molecular complexity index is 877. The Kier molecular flexibility index (Phi) is 4.79. The third kappa shape index (κ3) is 3.39. The van der Waals surface area contributed by atoms with E-state index in [9.17, 15) is 9.18 Å². The van der Waals surface area contributed by atoms with E-state index in [-0.39, 0.29) is 17.8 Å². The van der Waals surface area contributed by atoms with Crippen molar-refractivity contribution in [3.05, 3.63) is 58.3 Å². The number of hydrogen-bond donors (Lipinski definition) is 0. The molecule has 3 aromatic rings. The molecule has 7 heteroatoms. The van der Waals surface area contributed by atoms with Crippen molar-refractivity contribution >= 4 is 17.2 Å². The van der Waals surface area contributed by atoms with Crippen molar-refractivity contribution in [3.63, 3.8) is 0 Å². The quantitative estimate of drug-likeness (QED) is 0.670. The van der Waals surface area contributed by atoms with Gasteiger partial charge in [0.2, 0.25) is 0 Å². The number of likely N-dealkylation sites (tertiary alicyclic amines) is 1. The van der Waals surface area contributed by atoms with Gasteiger partial charge < -0.3 is 9.42 Å². The largest absolute Gasteiger partial charge is 0.334 e. The van der Waals surface area contributed by atoms with Gasteiger partial charge in [0.1, 0.15) is 5.82 Å². The summed E-state index contributed by atoms with van der Waals surface area (Å²) in [5, 5.41) is 7.89. The molecule has 4 rings (SSSR count). The van der Waals surface area contributed by atoms with Gasteiger partial charge >= 0.3 is 0 Å². The standard InChI is InChI=1S/C19H18FN3O2S/c20-15-7-5-13(6-8-15)18-21-17(22-25-18)16-4-2-1-3-10-23(16)19(24)14-9-11-26-12-14/h5-9,11-12,16H,1-4,10H2. The summed E-state index contributed by atoms with van der Waals surface area (Å²) in [6.07, 6.45) is 3.86. The lowest BCUT2D eigenvalue weighted by Crippen LogP contribution is -2.35. The van der Waals surface area contributed by atoms with E-state index in [2.05, 4.69) is 10.1 Å². The molecule has 1 saturated heterocycles. The first-order valence-corrected chi connectivity index (χ1v) is 9.59. The van der Waals surface area contributed by atoms with Crippen LogP contribution in [0.25, 0.3) is 11.5 Å². The number of aromatic nitrogens is 2. The molecule has 134 valence electrons. The molecule has 3 heterocycles. The van der Waals surface area contributed by atoms with E-state index in [0.717, 1.165) is 25.7 Å². The first-order chi connectivity index (χ1) is 12.7. The van der Waals surface area contributed by atoms with E-state index in [0.29, 0.717) is 29.4 Å². The molecule has 1 atom stereocenters. The molecule has 0 spiro atoms. The molecule has 0 aliphatic carbocycles. The van der Waals surface area contributed by atoms with E-state index in [4.69, 9.17) is 4.52 Å². The van der Waals surface area contributed by atoms with E-state index in [1.54, 1.807) is 12.1 Å². The smallest absolute Gasteiger partial charge is 0.258 e. The maximum Gasteiger partial charge on any atom is 0.258 e. The Labute approximate surface area is 154 Å². The number of hydrogen-bond acceptors (Lipinski definition) is 5. The van der Waals surface area contributed by atoms with Crippen LogP contribution in [0.4, 0.5) is 4.39 Å². The van der Waals surface area contributed by atoms with E-state index >= 15 is 0 Å².